The zero-order chi connectivity index (χ0) is 12.6. The molecule has 0 spiro atoms. The molecule has 0 saturated heterocycles. The average Bonchev–Trinajstić information content (AvgIpc) is 2.96. The molecule has 1 fully saturated rings. The number of rotatable bonds is 2. The van der Waals surface area contributed by atoms with Crippen molar-refractivity contribution in [3.63, 3.8) is 0 Å². The van der Waals surface area contributed by atoms with Crippen LogP contribution in [-0.2, 0) is 0 Å². The Morgan fingerprint density at radius 2 is 2.06 bits per heavy atom. The third kappa shape index (κ3) is 1.90. The van der Waals surface area contributed by atoms with Gasteiger partial charge in [0.05, 0.1) is 0 Å². The van der Waals surface area contributed by atoms with Crippen LogP contribution in [0.15, 0.2) is 30.5 Å². The maximum Gasteiger partial charge on any atom is 0.252 e. The van der Waals surface area contributed by atoms with E-state index in [4.69, 9.17) is 0 Å². The third-order valence-corrected chi connectivity index (χ3v) is 3.96. The molecule has 0 aliphatic heterocycles. The topological polar surface area (TPSA) is 44.9 Å². The van der Waals surface area contributed by atoms with Gasteiger partial charge in [-0.15, -0.1) is 0 Å². The standard InChI is InChI=1S/C15H18N2O/c1-15(8-2-3-9-15)17-14(18)12-5-4-6-13-11(12)7-10-16-13/h4-7,10,16H,2-3,8-9H2,1H3,(H,17,18). The number of hydrogen-bond donors (Lipinski definition) is 2. The molecule has 1 heterocycles. The van der Waals surface area contributed by atoms with Gasteiger partial charge in [0, 0.05) is 28.2 Å². The first-order valence-corrected chi connectivity index (χ1v) is 6.57. The quantitative estimate of drug-likeness (QED) is 0.834. The number of carbonyl (C=O) groups excluding carboxylic acids is 1. The smallest absolute Gasteiger partial charge is 0.252 e. The van der Waals surface area contributed by atoms with E-state index in [1.165, 1.54) is 12.8 Å². The van der Waals surface area contributed by atoms with Gasteiger partial charge < -0.3 is 10.3 Å². The van der Waals surface area contributed by atoms with Crippen molar-refractivity contribution >= 4 is 16.8 Å². The fourth-order valence-corrected chi connectivity index (χ4v) is 2.91. The number of aromatic nitrogens is 1. The summed E-state index contributed by atoms with van der Waals surface area (Å²) in [6.07, 6.45) is 6.47. The number of nitrogens with one attached hydrogen (secondary N) is 2. The van der Waals surface area contributed by atoms with Crippen molar-refractivity contribution in [2.45, 2.75) is 38.1 Å². The summed E-state index contributed by atoms with van der Waals surface area (Å²) in [6.45, 7) is 2.15. The Kier molecular flexibility index (Phi) is 2.62. The van der Waals surface area contributed by atoms with Gasteiger partial charge in [0.25, 0.3) is 5.91 Å². The fourth-order valence-electron chi connectivity index (χ4n) is 2.91. The van der Waals surface area contributed by atoms with E-state index >= 15 is 0 Å². The zero-order valence-corrected chi connectivity index (χ0v) is 10.6. The normalized spacial score (nSPS) is 18.1. The molecule has 18 heavy (non-hydrogen) atoms. The number of aromatic amines is 1. The molecule has 3 heteroatoms. The first kappa shape index (κ1) is 11.3. The first-order valence-electron chi connectivity index (χ1n) is 6.57. The van der Waals surface area contributed by atoms with Crippen molar-refractivity contribution in [2.75, 3.05) is 0 Å². The number of amides is 1. The number of carbonyl (C=O) groups is 1. The van der Waals surface area contributed by atoms with Gasteiger partial charge in [0.1, 0.15) is 0 Å². The molecule has 2 N–H and O–H groups in total. The van der Waals surface area contributed by atoms with E-state index in [0.717, 1.165) is 29.3 Å². The van der Waals surface area contributed by atoms with Crippen molar-refractivity contribution in [1.82, 2.24) is 10.3 Å². The molecule has 0 unspecified atom stereocenters. The molecular formula is C15H18N2O. The van der Waals surface area contributed by atoms with Gasteiger partial charge in [0.15, 0.2) is 0 Å². The molecule has 1 aliphatic rings. The van der Waals surface area contributed by atoms with Crippen LogP contribution in [0.4, 0.5) is 0 Å². The molecular weight excluding hydrogens is 224 g/mol. The van der Waals surface area contributed by atoms with E-state index < -0.39 is 0 Å². The Balaban J connectivity index is 1.90. The van der Waals surface area contributed by atoms with Gasteiger partial charge >= 0.3 is 0 Å². The molecule has 1 aromatic heterocycles. The summed E-state index contributed by atoms with van der Waals surface area (Å²) in [7, 11) is 0. The van der Waals surface area contributed by atoms with E-state index in [2.05, 4.69) is 17.2 Å². The van der Waals surface area contributed by atoms with Gasteiger partial charge in [-0.05, 0) is 38.0 Å². The largest absolute Gasteiger partial charge is 0.361 e. The average molecular weight is 242 g/mol. The maximum atomic E-state index is 12.4. The van der Waals surface area contributed by atoms with Gasteiger partial charge in [0.2, 0.25) is 0 Å². The molecule has 94 valence electrons. The number of hydrogen-bond acceptors (Lipinski definition) is 1. The minimum atomic E-state index is -0.0183. The second-order valence-corrected chi connectivity index (χ2v) is 5.47. The predicted octanol–water partition coefficient (Wildman–Crippen LogP) is 3.23. The van der Waals surface area contributed by atoms with E-state index in [-0.39, 0.29) is 11.4 Å². The molecule has 3 rings (SSSR count). The first-order chi connectivity index (χ1) is 8.68. The Morgan fingerprint density at radius 3 is 2.83 bits per heavy atom. The third-order valence-electron chi connectivity index (χ3n) is 3.96. The Hall–Kier alpha value is -1.77. The molecule has 1 aromatic carbocycles. The summed E-state index contributed by atoms with van der Waals surface area (Å²) < 4.78 is 0. The predicted molar refractivity (Wildman–Crippen MR) is 72.6 cm³/mol. The van der Waals surface area contributed by atoms with Crippen molar-refractivity contribution in [2.24, 2.45) is 0 Å². The second kappa shape index (κ2) is 4.16. The van der Waals surface area contributed by atoms with E-state index in [1.54, 1.807) is 0 Å². The van der Waals surface area contributed by atoms with Crippen LogP contribution in [0.3, 0.4) is 0 Å². The van der Waals surface area contributed by atoms with Gasteiger partial charge in [-0.3, -0.25) is 4.79 Å². The van der Waals surface area contributed by atoms with Crippen LogP contribution in [-0.4, -0.2) is 16.4 Å². The maximum absolute atomic E-state index is 12.4. The molecule has 0 atom stereocenters. The molecule has 1 amide bonds. The Morgan fingerprint density at radius 1 is 1.28 bits per heavy atom. The summed E-state index contributed by atoms with van der Waals surface area (Å²) in [5.74, 6) is 0.0459. The minimum Gasteiger partial charge on any atom is -0.361 e. The van der Waals surface area contributed by atoms with Crippen molar-refractivity contribution in [3.8, 4) is 0 Å². The number of H-pyrrole nitrogens is 1. The van der Waals surface area contributed by atoms with Gasteiger partial charge in [-0.25, -0.2) is 0 Å². The lowest BCUT2D eigenvalue weighted by Gasteiger charge is -2.25. The highest BCUT2D eigenvalue weighted by molar-refractivity contribution is 6.06. The lowest BCUT2D eigenvalue weighted by Crippen LogP contribution is -2.43. The lowest BCUT2D eigenvalue weighted by molar-refractivity contribution is 0.0910. The lowest BCUT2D eigenvalue weighted by atomic mass is 9.99. The van der Waals surface area contributed by atoms with Gasteiger partial charge in [-0.1, -0.05) is 18.9 Å². The van der Waals surface area contributed by atoms with E-state index in [1.807, 2.05) is 30.5 Å². The monoisotopic (exact) mass is 242 g/mol. The second-order valence-electron chi connectivity index (χ2n) is 5.47. The van der Waals surface area contributed by atoms with Gasteiger partial charge in [-0.2, -0.15) is 0 Å². The molecule has 2 aromatic rings. The fraction of sp³-hybridized carbons (Fsp3) is 0.400. The number of fused-ring (bicyclic) bond motifs is 1. The highest BCUT2D eigenvalue weighted by Gasteiger charge is 2.30. The zero-order valence-electron chi connectivity index (χ0n) is 10.6. The molecule has 0 radical (unpaired) electrons. The summed E-state index contributed by atoms with van der Waals surface area (Å²) in [6, 6.07) is 7.76. The van der Waals surface area contributed by atoms with Crippen LogP contribution in [0.2, 0.25) is 0 Å². The van der Waals surface area contributed by atoms with Crippen LogP contribution in [0.5, 0.6) is 0 Å². The Bertz CT molecular complexity index is 579. The van der Waals surface area contributed by atoms with Crippen LogP contribution < -0.4 is 5.32 Å². The number of benzene rings is 1. The van der Waals surface area contributed by atoms with Crippen LogP contribution in [0.1, 0.15) is 43.0 Å². The molecule has 3 nitrogen and oxygen atoms in total. The molecule has 1 saturated carbocycles. The molecule has 0 bridgehead atoms. The minimum absolute atomic E-state index is 0.0183. The summed E-state index contributed by atoms with van der Waals surface area (Å²) in [5.41, 5.74) is 1.76. The summed E-state index contributed by atoms with van der Waals surface area (Å²) >= 11 is 0. The highest BCUT2D eigenvalue weighted by Crippen LogP contribution is 2.29. The van der Waals surface area contributed by atoms with Crippen LogP contribution in [0.25, 0.3) is 10.9 Å². The Labute approximate surface area is 107 Å². The summed E-state index contributed by atoms with van der Waals surface area (Å²) in [4.78, 5) is 15.5. The van der Waals surface area contributed by atoms with Crippen molar-refractivity contribution in [3.05, 3.63) is 36.0 Å². The SMILES string of the molecule is CC1(NC(=O)c2cccc3[nH]ccc23)CCCC1. The highest BCUT2D eigenvalue weighted by atomic mass is 16.1. The summed E-state index contributed by atoms with van der Waals surface area (Å²) in [5, 5.41) is 4.20. The van der Waals surface area contributed by atoms with Crippen molar-refractivity contribution in [1.29, 1.82) is 0 Å². The van der Waals surface area contributed by atoms with Crippen molar-refractivity contribution < 1.29 is 4.79 Å². The molecule has 1 aliphatic carbocycles. The van der Waals surface area contributed by atoms with E-state index in [9.17, 15) is 4.79 Å². The van der Waals surface area contributed by atoms with Crippen LogP contribution >= 0.6 is 0 Å². The van der Waals surface area contributed by atoms with Crippen LogP contribution in [0, 0.1) is 0 Å². The van der Waals surface area contributed by atoms with E-state index in [0.29, 0.717) is 0 Å².